The Hall–Kier alpha value is -1.13. The van der Waals surface area contributed by atoms with Gasteiger partial charge in [-0.3, -0.25) is 0 Å². The van der Waals surface area contributed by atoms with Crippen molar-refractivity contribution in [3.05, 3.63) is 40.2 Å². The number of nitrogens with zero attached hydrogens (tertiary/aromatic N) is 1. The summed E-state index contributed by atoms with van der Waals surface area (Å²) < 4.78 is 6.56. The highest BCUT2D eigenvalue weighted by Gasteiger charge is 2.09. The lowest BCUT2D eigenvalue weighted by atomic mass is 10.2. The zero-order chi connectivity index (χ0) is 10.8. The molecule has 2 N–H and O–H groups in total. The van der Waals surface area contributed by atoms with Crippen LogP contribution in [-0.2, 0) is 6.54 Å². The van der Waals surface area contributed by atoms with E-state index in [4.69, 9.17) is 10.2 Å². The van der Waals surface area contributed by atoms with E-state index in [-0.39, 0.29) is 0 Å². The van der Waals surface area contributed by atoms with E-state index in [1.807, 2.05) is 31.2 Å². The van der Waals surface area contributed by atoms with Crippen LogP contribution in [0.1, 0.15) is 11.5 Å². The maximum atomic E-state index is 5.54. The molecule has 0 spiro atoms. The molecule has 78 valence electrons. The number of nitrogens with two attached hydrogens (primary N) is 1. The van der Waals surface area contributed by atoms with Gasteiger partial charge in [0, 0.05) is 16.6 Å². The second kappa shape index (κ2) is 4.16. The smallest absolute Gasteiger partial charge is 0.226 e. The van der Waals surface area contributed by atoms with Crippen molar-refractivity contribution in [1.29, 1.82) is 0 Å². The van der Waals surface area contributed by atoms with Crippen molar-refractivity contribution in [3.63, 3.8) is 0 Å². The van der Waals surface area contributed by atoms with Crippen LogP contribution < -0.4 is 5.73 Å². The van der Waals surface area contributed by atoms with Crippen molar-refractivity contribution in [1.82, 2.24) is 4.98 Å². The number of aromatic nitrogens is 1. The van der Waals surface area contributed by atoms with E-state index < -0.39 is 0 Å². The number of hydrogen-bond acceptors (Lipinski definition) is 3. The maximum Gasteiger partial charge on any atom is 0.226 e. The average molecular weight is 267 g/mol. The van der Waals surface area contributed by atoms with E-state index >= 15 is 0 Å². The molecule has 3 nitrogen and oxygen atoms in total. The molecule has 0 atom stereocenters. The molecule has 2 aromatic rings. The number of rotatable bonds is 2. The first-order chi connectivity index (χ1) is 7.20. The lowest BCUT2D eigenvalue weighted by Gasteiger charge is -1.94. The Morgan fingerprint density at radius 1 is 1.33 bits per heavy atom. The Labute approximate surface area is 96.4 Å². The Bertz CT molecular complexity index is 462. The fourth-order valence-electron chi connectivity index (χ4n) is 1.33. The molecule has 1 aromatic carbocycles. The van der Waals surface area contributed by atoms with Crippen LogP contribution in [0.15, 0.2) is 33.2 Å². The minimum Gasteiger partial charge on any atom is -0.441 e. The monoisotopic (exact) mass is 266 g/mol. The van der Waals surface area contributed by atoms with Crippen molar-refractivity contribution < 1.29 is 4.42 Å². The molecule has 0 saturated heterocycles. The van der Waals surface area contributed by atoms with Gasteiger partial charge in [0.15, 0.2) is 0 Å². The second-order valence-electron chi connectivity index (χ2n) is 3.23. The zero-order valence-electron chi connectivity index (χ0n) is 8.33. The minimum absolute atomic E-state index is 0.409. The van der Waals surface area contributed by atoms with Gasteiger partial charge in [-0.2, -0.15) is 0 Å². The Morgan fingerprint density at radius 3 is 2.53 bits per heavy atom. The first kappa shape index (κ1) is 10.4. The third kappa shape index (κ3) is 2.11. The maximum absolute atomic E-state index is 5.54. The SMILES string of the molecule is Cc1oc(-c2ccc(Br)cc2)nc1CN. The van der Waals surface area contributed by atoms with Crippen molar-refractivity contribution in [2.24, 2.45) is 5.73 Å². The number of hydrogen-bond donors (Lipinski definition) is 1. The van der Waals surface area contributed by atoms with Gasteiger partial charge in [0.25, 0.3) is 0 Å². The molecule has 0 saturated carbocycles. The molecule has 1 aromatic heterocycles. The predicted molar refractivity (Wildman–Crippen MR) is 62.3 cm³/mol. The first-order valence-corrected chi connectivity index (χ1v) is 5.42. The van der Waals surface area contributed by atoms with E-state index in [0.717, 1.165) is 21.5 Å². The van der Waals surface area contributed by atoms with Crippen LogP contribution in [0.2, 0.25) is 0 Å². The third-order valence-corrected chi connectivity index (χ3v) is 2.71. The normalized spacial score (nSPS) is 10.6. The van der Waals surface area contributed by atoms with Gasteiger partial charge in [0.05, 0.1) is 5.69 Å². The largest absolute Gasteiger partial charge is 0.441 e. The molecule has 4 heteroatoms. The van der Waals surface area contributed by atoms with E-state index in [1.165, 1.54) is 0 Å². The zero-order valence-corrected chi connectivity index (χ0v) is 9.91. The molecule has 15 heavy (non-hydrogen) atoms. The van der Waals surface area contributed by atoms with E-state index in [2.05, 4.69) is 20.9 Å². The summed E-state index contributed by atoms with van der Waals surface area (Å²) in [5.74, 6) is 1.41. The summed E-state index contributed by atoms with van der Waals surface area (Å²) in [7, 11) is 0. The third-order valence-electron chi connectivity index (χ3n) is 2.18. The van der Waals surface area contributed by atoms with E-state index in [1.54, 1.807) is 0 Å². The summed E-state index contributed by atoms with van der Waals surface area (Å²) in [5, 5.41) is 0. The number of oxazole rings is 1. The molecule has 0 aliphatic heterocycles. The number of halogens is 1. The fraction of sp³-hybridized carbons (Fsp3) is 0.182. The van der Waals surface area contributed by atoms with Crippen LogP contribution in [0.3, 0.4) is 0 Å². The molecule has 0 aliphatic carbocycles. The standard InChI is InChI=1S/C11H11BrN2O/c1-7-10(6-13)14-11(15-7)8-2-4-9(12)5-3-8/h2-5H,6,13H2,1H3. The minimum atomic E-state index is 0.409. The molecule has 1 heterocycles. The van der Waals surface area contributed by atoms with Crippen LogP contribution in [0, 0.1) is 6.92 Å². The summed E-state index contributed by atoms with van der Waals surface area (Å²) in [4.78, 5) is 4.32. The predicted octanol–water partition coefficient (Wildman–Crippen LogP) is 2.87. The molecule has 2 rings (SSSR count). The van der Waals surface area contributed by atoms with Gasteiger partial charge >= 0.3 is 0 Å². The summed E-state index contributed by atoms with van der Waals surface area (Å²) in [6.45, 7) is 2.28. The van der Waals surface area contributed by atoms with Gasteiger partial charge in [-0.1, -0.05) is 15.9 Å². The van der Waals surface area contributed by atoms with Crippen molar-refractivity contribution in [2.45, 2.75) is 13.5 Å². The topological polar surface area (TPSA) is 52.0 Å². The molecule has 0 aliphatic rings. The lowest BCUT2D eigenvalue weighted by molar-refractivity contribution is 0.539. The molecular formula is C11H11BrN2O. The fourth-order valence-corrected chi connectivity index (χ4v) is 1.60. The van der Waals surface area contributed by atoms with Crippen molar-refractivity contribution in [3.8, 4) is 11.5 Å². The highest BCUT2D eigenvalue weighted by Crippen LogP contribution is 2.23. The van der Waals surface area contributed by atoms with Gasteiger partial charge in [-0.05, 0) is 31.2 Å². The highest BCUT2D eigenvalue weighted by atomic mass is 79.9. The summed E-state index contributed by atoms with van der Waals surface area (Å²) in [6.07, 6.45) is 0. The van der Waals surface area contributed by atoms with Gasteiger partial charge in [0.2, 0.25) is 5.89 Å². The van der Waals surface area contributed by atoms with Gasteiger partial charge in [-0.15, -0.1) is 0 Å². The average Bonchev–Trinajstić information content (AvgIpc) is 2.61. The molecule has 0 bridgehead atoms. The first-order valence-electron chi connectivity index (χ1n) is 4.63. The van der Waals surface area contributed by atoms with Gasteiger partial charge in [-0.25, -0.2) is 4.98 Å². The van der Waals surface area contributed by atoms with Crippen molar-refractivity contribution >= 4 is 15.9 Å². The van der Waals surface area contributed by atoms with E-state index in [0.29, 0.717) is 12.4 Å². The van der Waals surface area contributed by atoms with Crippen LogP contribution in [0.4, 0.5) is 0 Å². The van der Waals surface area contributed by atoms with Gasteiger partial charge in [0.1, 0.15) is 5.76 Å². The molecule has 0 unspecified atom stereocenters. The quantitative estimate of drug-likeness (QED) is 0.910. The summed E-state index contributed by atoms with van der Waals surface area (Å²) >= 11 is 3.38. The van der Waals surface area contributed by atoms with Crippen molar-refractivity contribution in [2.75, 3.05) is 0 Å². The van der Waals surface area contributed by atoms with Crippen LogP contribution in [-0.4, -0.2) is 4.98 Å². The molecular weight excluding hydrogens is 256 g/mol. The number of aryl methyl sites for hydroxylation is 1. The summed E-state index contributed by atoms with van der Waals surface area (Å²) in [5.41, 5.74) is 7.31. The van der Waals surface area contributed by atoms with Crippen LogP contribution in [0.5, 0.6) is 0 Å². The lowest BCUT2D eigenvalue weighted by Crippen LogP contribution is -1.97. The highest BCUT2D eigenvalue weighted by molar-refractivity contribution is 9.10. The Balaban J connectivity index is 2.41. The van der Waals surface area contributed by atoms with Crippen LogP contribution in [0.25, 0.3) is 11.5 Å². The molecule has 0 radical (unpaired) electrons. The second-order valence-corrected chi connectivity index (χ2v) is 4.15. The Morgan fingerprint density at radius 2 is 2.00 bits per heavy atom. The van der Waals surface area contributed by atoms with Crippen LogP contribution >= 0.6 is 15.9 Å². The van der Waals surface area contributed by atoms with Gasteiger partial charge < -0.3 is 10.2 Å². The van der Waals surface area contributed by atoms with E-state index in [9.17, 15) is 0 Å². The Kier molecular flexibility index (Phi) is 2.88. The molecule has 0 fully saturated rings. The number of benzene rings is 1. The summed E-state index contributed by atoms with van der Waals surface area (Å²) in [6, 6.07) is 7.82. The molecule has 0 amide bonds.